The van der Waals surface area contributed by atoms with Gasteiger partial charge in [0.05, 0.1) is 16.7 Å². The summed E-state index contributed by atoms with van der Waals surface area (Å²) in [4.78, 5) is 17.9. The topological polar surface area (TPSA) is 65.5 Å². The van der Waals surface area contributed by atoms with Gasteiger partial charge in [0.2, 0.25) is 0 Å². The van der Waals surface area contributed by atoms with E-state index >= 15 is 0 Å². The lowest BCUT2D eigenvalue weighted by Crippen LogP contribution is -2.42. The van der Waals surface area contributed by atoms with Crippen molar-refractivity contribution in [3.05, 3.63) is 22.8 Å². The molecule has 1 unspecified atom stereocenters. The van der Waals surface area contributed by atoms with Gasteiger partial charge in [-0.1, -0.05) is 11.6 Å². The molecule has 1 amide bonds. The summed E-state index contributed by atoms with van der Waals surface area (Å²) in [5, 5.41) is 12.8. The van der Waals surface area contributed by atoms with Crippen LogP contribution in [0.3, 0.4) is 0 Å². The molecule has 0 aliphatic carbocycles. The van der Waals surface area contributed by atoms with Gasteiger partial charge in [-0.15, -0.1) is 0 Å². The zero-order chi connectivity index (χ0) is 13.1. The number of halogens is 1. The van der Waals surface area contributed by atoms with Crippen molar-refractivity contribution in [1.82, 2.24) is 9.88 Å². The Morgan fingerprint density at radius 3 is 3.06 bits per heavy atom. The number of nitrogens with zero attached hydrogens (tertiary/aromatic N) is 2. The summed E-state index contributed by atoms with van der Waals surface area (Å²) in [6, 6.07) is 1.60. The molecule has 2 N–H and O–H groups in total. The van der Waals surface area contributed by atoms with E-state index in [0.717, 1.165) is 12.8 Å². The van der Waals surface area contributed by atoms with Crippen LogP contribution in [-0.4, -0.2) is 47.1 Å². The van der Waals surface area contributed by atoms with E-state index < -0.39 is 6.10 Å². The Morgan fingerprint density at radius 1 is 1.67 bits per heavy atom. The van der Waals surface area contributed by atoms with Crippen LogP contribution in [0.25, 0.3) is 0 Å². The molecule has 1 fully saturated rings. The molecule has 5 nitrogen and oxygen atoms in total. The first-order valence-electron chi connectivity index (χ1n) is 5.92. The van der Waals surface area contributed by atoms with Crippen molar-refractivity contribution in [2.75, 3.05) is 25.5 Å². The second-order valence-electron chi connectivity index (χ2n) is 4.35. The largest absolute Gasteiger partial charge is 0.391 e. The number of hydrogen-bond donors (Lipinski definition) is 2. The van der Waals surface area contributed by atoms with E-state index in [9.17, 15) is 9.90 Å². The average molecular weight is 270 g/mol. The van der Waals surface area contributed by atoms with Crippen molar-refractivity contribution in [2.45, 2.75) is 18.9 Å². The molecule has 1 aromatic heterocycles. The Bertz CT molecular complexity index is 453. The number of aliphatic hydroxyl groups excluding tert-OH is 1. The van der Waals surface area contributed by atoms with E-state index in [2.05, 4.69) is 10.3 Å². The van der Waals surface area contributed by atoms with Crippen LogP contribution in [0, 0.1) is 0 Å². The number of carbonyl (C=O) groups excluding carboxylic acids is 1. The number of pyridine rings is 1. The van der Waals surface area contributed by atoms with Gasteiger partial charge >= 0.3 is 0 Å². The molecule has 1 atom stereocenters. The molecule has 2 rings (SSSR count). The van der Waals surface area contributed by atoms with Crippen molar-refractivity contribution in [3.8, 4) is 0 Å². The first-order valence-corrected chi connectivity index (χ1v) is 6.30. The van der Waals surface area contributed by atoms with Gasteiger partial charge in [0.15, 0.2) is 0 Å². The van der Waals surface area contributed by atoms with Crippen molar-refractivity contribution < 1.29 is 9.90 Å². The molecule has 0 spiro atoms. The number of rotatable bonds is 2. The van der Waals surface area contributed by atoms with Crippen LogP contribution in [0.2, 0.25) is 5.02 Å². The smallest absolute Gasteiger partial charge is 0.255 e. The summed E-state index contributed by atoms with van der Waals surface area (Å²) in [5.41, 5.74) is 0.452. The van der Waals surface area contributed by atoms with E-state index in [4.69, 9.17) is 11.6 Å². The number of carbonyl (C=O) groups is 1. The molecule has 98 valence electrons. The van der Waals surface area contributed by atoms with Gasteiger partial charge in [-0.2, -0.15) is 0 Å². The molecule has 0 bridgehead atoms. The van der Waals surface area contributed by atoms with Crippen molar-refractivity contribution in [2.24, 2.45) is 0 Å². The zero-order valence-electron chi connectivity index (χ0n) is 10.2. The standard InChI is InChI=1S/C12H16ClN3O2/c1-14-11-10(13)5-8(6-15-11)12(18)16-4-2-3-9(17)7-16/h5-6,9,17H,2-4,7H2,1H3,(H,14,15). The van der Waals surface area contributed by atoms with Crippen LogP contribution < -0.4 is 5.32 Å². The highest BCUT2D eigenvalue weighted by atomic mass is 35.5. The predicted octanol–water partition coefficient (Wildman–Crippen LogP) is 1.37. The minimum atomic E-state index is -0.428. The highest BCUT2D eigenvalue weighted by Crippen LogP contribution is 2.21. The number of nitrogens with one attached hydrogen (secondary N) is 1. The number of β-amino-alcohol motifs (C(OH)–C–C–N with tert-alkyl or cyclic N) is 1. The highest BCUT2D eigenvalue weighted by Gasteiger charge is 2.23. The predicted molar refractivity (Wildman–Crippen MR) is 69.9 cm³/mol. The van der Waals surface area contributed by atoms with Crippen molar-refractivity contribution in [1.29, 1.82) is 0 Å². The van der Waals surface area contributed by atoms with E-state index in [1.54, 1.807) is 18.0 Å². The molecule has 0 aromatic carbocycles. The Kier molecular flexibility index (Phi) is 4.04. The van der Waals surface area contributed by atoms with Crippen LogP contribution in [0.15, 0.2) is 12.3 Å². The van der Waals surface area contributed by atoms with Gasteiger partial charge in [0.25, 0.3) is 5.91 Å². The number of likely N-dealkylation sites (tertiary alicyclic amines) is 1. The Morgan fingerprint density at radius 2 is 2.44 bits per heavy atom. The van der Waals surface area contributed by atoms with Gasteiger partial charge in [0.1, 0.15) is 5.82 Å². The molecular weight excluding hydrogens is 254 g/mol. The number of piperidine rings is 1. The molecule has 2 heterocycles. The molecule has 1 aromatic rings. The quantitative estimate of drug-likeness (QED) is 0.851. The third-order valence-corrected chi connectivity index (χ3v) is 3.30. The Labute approximate surface area is 111 Å². The fourth-order valence-electron chi connectivity index (χ4n) is 2.06. The lowest BCUT2D eigenvalue weighted by Gasteiger charge is -2.30. The van der Waals surface area contributed by atoms with Crippen LogP contribution in [0.4, 0.5) is 5.82 Å². The first-order chi connectivity index (χ1) is 8.61. The van der Waals surface area contributed by atoms with E-state index in [1.165, 1.54) is 6.20 Å². The lowest BCUT2D eigenvalue weighted by atomic mass is 10.1. The molecule has 1 saturated heterocycles. The van der Waals surface area contributed by atoms with Gasteiger partial charge in [-0.3, -0.25) is 4.79 Å². The number of anilines is 1. The Hall–Kier alpha value is -1.33. The molecule has 1 aliphatic heterocycles. The van der Waals surface area contributed by atoms with Gasteiger partial charge in [-0.05, 0) is 18.9 Å². The molecule has 0 saturated carbocycles. The SMILES string of the molecule is CNc1ncc(C(=O)N2CCCC(O)C2)cc1Cl. The van der Waals surface area contributed by atoms with Crippen molar-refractivity contribution >= 4 is 23.3 Å². The minimum Gasteiger partial charge on any atom is -0.391 e. The Balaban J connectivity index is 2.15. The molecule has 0 radical (unpaired) electrons. The normalized spacial score (nSPS) is 19.7. The number of aromatic nitrogens is 1. The van der Waals surface area contributed by atoms with Crippen molar-refractivity contribution in [3.63, 3.8) is 0 Å². The molecule has 1 aliphatic rings. The van der Waals surface area contributed by atoms with E-state index in [-0.39, 0.29) is 5.91 Å². The second-order valence-corrected chi connectivity index (χ2v) is 4.76. The third-order valence-electron chi connectivity index (χ3n) is 3.01. The fourth-order valence-corrected chi connectivity index (χ4v) is 2.32. The molecule has 18 heavy (non-hydrogen) atoms. The van der Waals surface area contributed by atoms with Gasteiger partial charge in [-0.25, -0.2) is 4.98 Å². The zero-order valence-corrected chi connectivity index (χ0v) is 10.9. The maximum Gasteiger partial charge on any atom is 0.255 e. The molecular formula is C12H16ClN3O2. The highest BCUT2D eigenvalue weighted by molar-refractivity contribution is 6.33. The van der Waals surface area contributed by atoms with E-state index in [0.29, 0.717) is 29.5 Å². The number of aliphatic hydroxyl groups is 1. The second kappa shape index (κ2) is 5.54. The van der Waals surface area contributed by atoms with Crippen LogP contribution in [0.1, 0.15) is 23.2 Å². The monoisotopic (exact) mass is 269 g/mol. The summed E-state index contributed by atoms with van der Waals surface area (Å²) in [7, 11) is 1.72. The summed E-state index contributed by atoms with van der Waals surface area (Å²) in [6.45, 7) is 1.05. The summed E-state index contributed by atoms with van der Waals surface area (Å²) in [5.74, 6) is 0.415. The van der Waals surface area contributed by atoms with Crippen LogP contribution in [0.5, 0.6) is 0 Å². The maximum atomic E-state index is 12.2. The third kappa shape index (κ3) is 2.73. The molecule has 6 heteroatoms. The van der Waals surface area contributed by atoms with Gasteiger partial charge < -0.3 is 15.3 Å². The van der Waals surface area contributed by atoms with Crippen LogP contribution in [-0.2, 0) is 0 Å². The summed E-state index contributed by atoms with van der Waals surface area (Å²) < 4.78 is 0. The minimum absolute atomic E-state index is 0.134. The lowest BCUT2D eigenvalue weighted by molar-refractivity contribution is 0.0473. The summed E-state index contributed by atoms with van der Waals surface area (Å²) in [6.07, 6.45) is 2.65. The maximum absolute atomic E-state index is 12.2. The fraction of sp³-hybridized carbons (Fsp3) is 0.500. The summed E-state index contributed by atoms with van der Waals surface area (Å²) >= 11 is 6.00. The van der Waals surface area contributed by atoms with Gasteiger partial charge in [0, 0.05) is 26.3 Å². The van der Waals surface area contributed by atoms with Crippen LogP contribution >= 0.6 is 11.6 Å². The number of amides is 1. The average Bonchev–Trinajstić information content (AvgIpc) is 2.37. The van der Waals surface area contributed by atoms with E-state index in [1.807, 2.05) is 0 Å². The number of hydrogen-bond acceptors (Lipinski definition) is 4. The first kappa shape index (κ1) is 13.1.